The Hall–Kier alpha value is -2.30. The Bertz CT molecular complexity index is 438. The van der Waals surface area contributed by atoms with Crippen LogP contribution in [0.1, 0.15) is 13.8 Å². The zero-order chi connectivity index (χ0) is 14.1. The van der Waals surface area contributed by atoms with Gasteiger partial charge in [0.25, 0.3) is 6.10 Å². The highest BCUT2D eigenvalue weighted by Crippen LogP contribution is 2.12. The fraction of sp³-hybridized carbons (Fsp3) is 0.286. The first kappa shape index (κ1) is 14.8. The molecular weight excluding hydrogens is 248 g/mol. The van der Waals surface area contributed by atoms with Gasteiger partial charge in [0.05, 0.1) is 12.9 Å². The molecule has 1 unspecified atom stereocenters. The average molecular weight is 264 g/mol. The van der Waals surface area contributed by atoms with Crippen LogP contribution in [0.2, 0.25) is 0 Å². The summed E-state index contributed by atoms with van der Waals surface area (Å²) in [5, 5.41) is 0. The van der Waals surface area contributed by atoms with Gasteiger partial charge >= 0.3 is 11.9 Å². The molecule has 0 amide bonds. The topological polar surface area (TPSA) is 61.8 Å². The molecule has 0 aliphatic carbocycles. The Balaban J connectivity index is 2.80. The number of hydrogen-bond donors (Lipinski definition) is 0. The molecule has 102 valence electrons. The minimum Gasteiger partial charge on any atom is -0.467 e. The lowest BCUT2D eigenvalue weighted by molar-refractivity contribution is -0.163. The molecule has 19 heavy (non-hydrogen) atoms. The monoisotopic (exact) mass is 264 g/mol. The third kappa shape index (κ3) is 4.83. The van der Waals surface area contributed by atoms with Gasteiger partial charge in [-0.1, -0.05) is 24.3 Å². The summed E-state index contributed by atoms with van der Waals surface area (Å²) in [6.07, 6.45) is 1.28. The van der Waals surface area contributed by atoms with E-state index in [4.69, 9.17) is 14.2 Å². The Morgan fingerprint density at radius 1 is 1.21 bits per heavy atom. The Morgan fingerprint density at radius 2 is 1.89 bits per heavy atom. The molecule has 0 bridgehead atoms. The summed E-state index contributed by atoms with van der Waals surface area (Å²) in [4.78, 5) is 23.4. The van der Waals surface area contributed by atoms with Crippen molar-refractivity contribution >= 4 is 11.9 Å². The van der Waals surface area contributed by atoms with Crippen LogP contribution in [0.4, 0.5) is 0 Å². The van der Waals surface area contributed by atoms with Crippen LogP contribution in [0, 0.1) is 0 Å². The first-order valence-corrected chi connectivity index (χ1v) is 5.89. The number of hydrogen-bond acceptors (Lipinski definition) is 5. The van der Waals surface area contributed by atoms with E-state index in [0.717, 1.165) is 0 Å². The lowest BCUT2D eigenvalue weighted by Gasteiger charge is -2.15. The molecule has 0 aliphatic heterocycles. The van der Waals surface area contributed by atoms with Gasteiger partial charge < -0.3 is 14.2 Å². The van der Waals surface area contributed by atoms with Gasteiger partial charge in [-0.05, 0) is 26.0 Å². The maximum atomic E-state index is 11.7. The van der Waals surface area contributed by atoms with Gasteiger partial charge in [0.15, 0.2) is 0 Å². The summed E-state index contributed by atoms with van der Waals surface area (Å²) in [6, 6.07) is 8.53. The molecule has 5 nitrogen and oxygen atoms in total. The molecule has 0 heterocycles. The number of benzene rings is 1. The minimum absolute atomic E-state index is 0.157. The number of esters is 2. The maximum Gasteiger partial charge on any atom is 0.364 e. The van der Waals surface area contributed by atoms with Crippen LogP contribution < -0.4 is 4.74 Å². The van der Waals surface area contributed by atoms with Gasteiger partial charge in [0.1, 0.15) is 5.75 Å². The number of para-hydroxylation sites is 1. The second kappa shape index (κ2) is 7.92. The molecule has 0 N–H and O–H groups in total. The maximum absolute atomic E-state index is 11.7. The Kier molecular flexibility index (Phi) is 6.15. The van der Waals surface area contributed by atoms with Crippen LogP contribution >= 0.6 is 0 Å². The average Bonchev–Trinajstić information content (AvgIpc) is 2.43. The lowest BCUT2D eigenvalue weighted by Crippen LogP contribution is -2.38. The summed E-state index contributed by atoms with van der Waals surface area (Å²) in [6.45, 7) is 3.49. The zero-order valence-corrected chi connectivity index (χ0v) is 10.9. The molecule has 1 atom stereocenters. The van der Waals surface area contributed by atoms with Crippen molar-refractivity contribution in [3.05, 3.63) is 42.7 Å². The van der Waals surface area contributed by atoms with Crippen molar-refractivity contribution < 1.29 is 23.8 Å². The Morgan fingerprint density at radius 3 is 2.47 bits per heavy atom. The molecule has 1 rings (SSSR count). The van der Waals surface area contributed by atoms with Crippen LogP contribution in [-0.4, -0.2) is 24.6 Å². The van der Waals surface area contributed by atoms with E-state index in [-0.39, 0.29) is 6.61 Å². The summed E-state index contributed by atoms with van der Waals surface area (Å²) in [5.74, 6) is -1.21. The highest BCUT2D eigenvalue weighted by molar-refractivity contribution is 5.98. The third-order valence-corrected chi connectivity index (χ3v) is 2.03. The highest BCUT2D eigenvalue weighted by atomic mass is 16.6. The van der Waals surface area contributed by atoms with Crippen LogP contribution in [0.3, 0.4) is 0 Å². The molecule has 0 radical (unpaired) electrons. The van der Waals surface area contributed by atoms with E-state index in [1.807, 2.05) is 0 Å². The van der Waals surface area contributed by atoms with Crippen LogP contribution in [0.15, 0.2) is 42.7 Å². The molecule has 0 aliphatic rings. The smallest absolute Gasteiger partial charge is 0.364 e. The van der Waals surface area contributed by atoms with Crippen LogP contribution in [0.25, 0.3) is 0 Å². The van der Waals surface area contributed by atoms with E-state index in [9.17, 15) is 9.59 Å². The second-order valence-corrected chi connectivity index (χ2v) is 3.47. The molecule has 0 fully saturated rings. The molecule has 1 aromatic carbocycles. The van der Waals surface area contributed by atoms with Crippen molar-refractivity contribution in [2.75, 3.05) is 6.61 Å². The predicted octanol–water partition coefficient (Wildman–Crippen LogP) is 2.07. The number of rotatable bonds is 6. The molecule has 0 aromatic heterocycles. The fourth-order valence-corrected chi connectivity index (χ4v) is 1.24. The molecular formula is C14H16O5. The van der Waals surface area contributed by atoms with Crippen molar-refractivity contribution in [1.82, 2.24) is 0 Å². The predicted molar refractivity (Wildman–Crippen MR) is 68.4 cm³/mol. The summed E-state index contributed by atoms with van der Waals surface area (Å²) < 4.78 is 14.8. The van der Waals surface area contributed by atoms with E-state index in [0.29, 0.717) is 5.75 Å². The van der Waals surface area contributed by atoms with Gasteiger partial charge in [-0.25, -0.2) is 9.59 Å². The van der Waals surface area contributed by atoms with Gasteiger partial charge in [-0.15, -0.1) is 0 Å². The van der Waals surface area contributed by atoms with Crippen LogP contribution in [-0.2, 0) is 19.1 Å². The number of allylic oxidation sites excluding steroid dienone is 1. The fourth-order valence-electron chi connectivity index (χ4n) is 1.24. The quantitative estimate of drug-likeness (QED) is 0.447. The van der Waals surface area contributed by atoms with Gasteiger partial charge in [-0.3, -0.25) is 0 Å². The molecule has 1 aromatic rings. The molecule has 0 saturated heterocycles. The minimum atomic E-state index is -1.43. The summed E-state index contributed by atoms with van der Waals surface area (Å²) in [7, 11) is 0. The first-order chi connectivity index (χ1) is 9.19. The van der Waals surface area contributed by atoms with Gasteiger partial charge in [0, 0.05) is 0 Å². The van der Waals surface area contributed by atoms with Crippen molar-refractivity contribution in [2.24, 2.45) is 0 Å². The van der Waals surface area contributed by atoms with Crippen molar-refractivity contribution in [3.8, 4) is 5.75 Å². The first-order valence-electron chi connectivity index (χ1n) is 5.89. The highest BCUT2D eigenvalue weighted by Gasteiger charge is 2.31. The molecule has 0 saturated carbocycles. The van der Waals surface area contributed by atoms with Crippen molar-refractivity contribution in [2.45, 2.75) is 20.0 Å². The van der Waals surface area contributed by atoms with Crippen molar-refractivity contribution in [1.29, 1.82) is 0 Å². The normalized spacial score (nSPS) is 11.9. The van der Waals surface area contributed by atoms with E-state index < -0.39 is 18.0 Å². The number of ether oxygens (including phenoxy) is 3. The number of carbonyl (C=O) groups excluding carboxylic acids is 2. The largest absolute Gasteiger partial charge is 0.467 e. The van der Waals surface area contributed by atoms with Crippen molar-refractivity contribution in [3.63, 3.8) is 0 Å². The van der Waals surface area contributed by atoms with E-state index in [1.54, 1.807) is 44.2 Å². The zero-order valence-electron chi connectivity index (χ0n) is 10.9. The second-order valence-electron chi connectivity index (χ2n) is 3.47. The van der Waals surface area contributed by atoms with Crippen LogP contribution in [0.5, 0.6) is 5.75 Å². The van der Waals surface area contributed by atoms with E-state index in [1.165, 1.54) is 12.3 Å². The summed E-state index contributed by atoms with van der Waals surface area (Å²) in [5.41, 5.74) is 0. The lowest BCUT2D eigenvalue weighted by atomic mass is 10.3. The summed E-state index contributed by atoms with van der Waals surface area (Å²) >= 11 is 0. The van der Waals surface area contributed by atoms with Gasteiger partial charge in [0.2, 0.25) is 0 Å². The van der Waals surface area contributed by atoms with E-state index in [2.05, 4.69) is 0 Å². The van der Waals surface area contributed by atoms with Gasteiger partial charge in [-0.2, -0.15) is 0 Å². The molecule has 0 spiro atoms. The molecule has 5 heteroatoms. The Labute approximate surface area is 111 Å². The third-order valence-electron chi connectivity index (χ3n) is 2.03. The SMILES string of the molecule is CC=COC(=O)C(Oc1ccccc1)C(=O)OCC. The number of carbonyl (C=O) groups is 2. The van der Waals surface area contributed by atoms with E-state index >= 15 is 0 Å². The standard InChI is InChI=1S/C14H16O5/c1-3-10-18-14(16)12(13(15)17-4-2)19-11-8-6-5-7-9-11/h3,5-10,12H,4H2,1-2H3.